The molecule has 2 aliphatic rings. The fourth-order valence-corrected chi connectivity index (χ4v) is 2.37. The van der Waals surface area contributed by atoms with E-state index in [1.807, 2.05) is 0 Å². The van der Waals surface area contributed by atoms with Crippen LogP contribution in [0.15, 0.2) is 12.2 Å². The number of allylic oxidation sites excluding steroid dienone is 1. The molecular formula is C13H22O2. The van der Waals surface area contributed by atoms with E-state index in [1.165, 1.54) is 18.4 Å². The van der Waals surface area contributed by atoms with Crippen LogP contribution in [0, 0.1) is 0 Å². The summed E-state index contributed by atoms with van der Waals surface area (Å²) < 4.78 is 11.7. The molecule has 0 amide bonds. The fraction of sp³-hybridized carbons (Fsp3) is 0.846. The molecule has 0 aromatic rings. The van der Waals surface area contributed by atoms with Crippen LogP contribution < -0.4 is 0 Å². The maximum atomic E-state index is 6.10. The van der Waals surface area contributed by atoms with Crippen LogP contribution in [0.25, 0.3) is 0 Å². The molecule has 1 saturated heterocycles. The van der Waals surface area contributed by atoms with Gasteiger partial charge >= 0.3 is 0 Å². The highest BCUT2D eigenvalue weighted by molar-refractivity contribution is 5.02. The van der Waals surface area contributed by atoms with Crippen LogP contribution in [0.3, 0.4) is 0 Å². The summed E-state index contributed by atoms with van der Waals surface area (Å²) in [5.74, 6) is 0. The summed E-state index contributed by atoms with van der Waals surface area (Å²) >= 11 is 0. The lowest BCUT2D eigenvalue weighted by Crippen LogP contribution is -2.38. The summed E-state index contributed by atoms with van der Waals surface area (Å²) in [5.41, 5.74) is 1.41. The van der Waals surface area contributed by atoms with Gasteiger partial charge in [-0.05, 0) is 51.9 Å². The van der Waals surface area contributed by atoms with Crippen molar-refractivity contribution in [1.29, 1.82) is 0 Å². The highest BCUT2D eigenvalue weighted by Crippen LogP contribution is 2.35. The Kier molecular flexibility index (Phi) is 3.47. The Morgan fingerprint density at radius 1 is 1.33 bits per heavy atom. The molecule has 0 bridgehead atoms. The van der Waals surface area contributed by atoms with Gasteiger partial charge in [0.25, 0.3) is 0 Å². The second kappa shape index (κ2) is 4.67. The molecule has 1 aliphatic heterocycles. The molecule has 0 aromatic heterocycles. The van der Waals surface area contributed by atoms with Crippen LogP contribution in [-0.4, -0.2) is 18.5 Å². The van der Waals surface area contributed by atoms with Gasteiger partial charge in [0.15, 0.2) is 6.29 Å². The highest BCUT2D eigenvalue weighted by Gasteiger charge is 2.32. The highest BCUT2D eigenvalue weighted by atomic mass is 16.7. The number of ether oxygens (including phenoxy) is 2. The Hall–Kier alpha value is -0.340. The van der Waals surface area contributed by atoms with Crippen molar-refractivity contribution in [2.24, 2.45) is 0 Å². The minimum atomic E-state index is 0.0309. The average molecular weight is 210 g/mol. The smallest absolute Gasteiger partial charge is 0.158 e. The summed E-state index contributed by atoms with van der Waals surface area (Å²) in [6.45, 7) is 7.13. The predicted molar refractivity (Wildman–Crippen MR) is 60.7 cm³/mol. The van der Waals surface area contributed by atoms with E-state index in [4.69, 9.17) is 9.47 Å². The Balaban J connectivity index is 1.83. The van der Waals surface area contributed by atoms with E-state index in [1.54, 1.807) is 0 Å². The molecule has 0 radical (unpaired) electrons. The maximum absolute atomic E-state index is 6.10. The zero-order valence-corrected chi connectivity index (χ0v) is 9.76. The largest absolute Gasteiger partial charge is 0.353 e. The van der Waals surface area contributed by atoms with E-state index in [9.17, 15) is 0 Å². The van der Waals surface area contributed by atoms with Gasteiger partial charge < -0.3 is 9.47 Å². The Bertz CT molecular complexity index is 219. The van der Waals surface area contributed by atoms with Gasteiger partial charge in [-0.15, -0.1) is 0 Å². The summed E-state index contributed by atoms with van der Waals surface area (Å²) in [5, 5.41) is 0. The molecule has 1 atom stereocenters. The van der Waals surface area contributed by atoms with Gasteiger partial charge in [-0.2, -0.15) is 0 Å². The van der Waals surface area contributed by atoms with E-state index in [0.717, 1.165) is 38.7 Å². The molecule has 1 aliphatic carbocycles. The minimum Gasteiger partial charge on any atom is -0.353 e. The van der Waals surface area contributed by atoms with Gasteiger partial charge in [-0.25, -0.2) is 0 Å². The van der Waals surface area contributed by atoms with Crippen molar-refractivity contribution in [3.05, 3.63) is 12.2 Å². The molecule has 2 nitrogen and oxygen atoms in total. The van der Waals surface area contributed by atoms with Gasteiger partial charge in [-0.3, -0.25) is 0 Å². The zero-order chi connectivity index (χ0) is 10.7. The fourth-order valence-electron chi connectivity index (χ4n) is 2.37. The summed E-state index contributed by atoms with van der Waals surface area (Å²) in [6, 6.07) is 0. The van der Waals surface area contributed by atoms with Crippen LogP contribution in [0.4, 0.5) is 0 Å². The molecule has 2 rings (SSSR count). The van der Waals surface area contributed by atoms with Crippen LogP contribution in [-0.2, 0) is 9.47 Å². The van der Waals surface area contributed by atoms with Crippen LogP contribution in [0.5, 0.6) is 0 Å². The van der Waals surface area contributed by atoms with Gasteiger partial charge in [0.1, 0.15) is 0 Å². The molecule has 2 fully saturated rings. The minimum absolute atomic E-state index is 0.0309. The maximum Gasteiger partial charge on any atom is 0.158 e. The van der Waals surface area contributed by atoms with Gasteiger partial charge in [0.05, 0.1) is 5.60 Å². The Labute approximate surface area is 92.6 Å². The van der Waals surface area contributed by atoms with Crippen molar-refractivity contribution in [2.75, 3.05) is 6.61 Å². The van der Waals surface area contributed by atoms with E-state index in [2.05, 4.69) is 13.5 Å². The molecule has 1 unspecified atom stereocenters. The third-order valence-corrected chi connectivity index (χ3v) is 3.57. The summed E-state index contributed by atoms with van der Waals surface area (Å²) in [4.78, 5) is 0. The molecule has 1 heterocycles. The van der Waals surface area contributed by atoms with Gasteiger partial charge in [-0.1, -0.05) is 12.2 Å². The van der Waals surface area contributed by atoms with Crippen LogP contribution >= 0.6 is 0 Å². The molecule has 0 spiro atoms. The normalized spacial score (nSPS) is 31.5. The molecule has 86 valence electrons. The first-order valence-corrected chi connectivity index (χ1v) is 6.14. The molecule has 0 N–H and O–H groups in total. The standard InChI is InChI=1S/C13H22O2/c1-11-6-8-13(2,9-7-11)15-12-5-3-4-10-14-12/h12H,1,3-10H2,2H3. The monoisotopic (exact) mass is 210 g/mol. The van der Waals surface area contributed by atoms with Crippen molar-refractivity contribution in [2.45, 2.75) is 63.8 Å². The predicted octanol–water partition coefficient (Wildman–Crippen LogP) is 3.42. The van der Waals surface area contributed by atoms with E-state index < -0.39 is 0 Å². The second-order valence-corrected chi connectivity index (χ2v) is 5.11. The van der Waals surface area contributed by atoms with Crippen molar-refractivity contribution in [3.63, 3.8) is 0 Å². The van der Waals surface area contributed by atoms with Crippen LogP contribution in [0.2, 0.25) is 0 Å². The summed E-state index contributed by atoms with van der Waals surface area (Å²) in [7, 11) is 0. The molecule has 0 aromatic carbocycles. The second-order valence-electron chi connectivity index (χ2n) is 5.11. The van der Waals surface area contributed by atoms with Crippen molar-refractivity contribution >= 4 is 0 Å². The number of hydrogen-bond acceptors (Lipinski definition) is 2. The molecule has 15 heavy (non-hydrogen) atoms. The van der Waals surface area contributed by atoms with Crippen LogP contribution in [0.1, 0.15) is 51.9 Å². The number of hydrogen-bond donors (Lipinski definition) is 0. The van der Waals surface area contributed by atoms with E-state index >= 15 is 0 Å². The van der Waals surface area contributed by atoms with Crippen molar-refractivity contribution in [3.8, 4) is 0 Å². The first-order chi connectivity index (χ1) is 7.18. The first-order valence-electron chi connectivity index (χ1n) is 6.14. The SMILES string of the molecule is C=C1CCC(C)(OC2CCCCO2)CC1. The Morgan fingerprint density at radius 3 is 2.67 bits per heavy atom. The van der Waals surface area contributed by atoms with E-state index in [0.29, 0.717) is 0 Å². The van der Waals surface area contributed by atoms with Gasteiger partial charge in [0, 0.05) is 6.61 Å². The van der Waals surface area contributed by atoms with Crippen molar-refractivity contribution in [1.82, 2.24) is 0 Å². The molecule has 2 heteroatoms. The number of rotatable bonds is 2. The quantitative estimate of drug-likeness (QED) is 0.650. The Morgan fingerprint density at radius 2 is 2.07 bits per heavy atom. The summed E-state index contributed by atoms with van der Waals surface area (Å²) in [6.07, 6.45) is 7.98. The third kappa shape index (κ3) is 3.05. The average Bonchev–Trinajstić information content (AvgIpc) is 2.24. The zero-order valence-electron chi connectivity index (χ0n) is 9.76. The lowest BCUT2D eigenvalue weighted by molar-refractivity contribution is -0.225. The van der Waals surface area contributed by atoms with Crippen molar-refractivity contribution < 1.29 is 9.47 Å². The third-order valence-electron chi connectivity index (χ3n) is 3.57. The lowest BCUT2D eigenvalue weighted by atomic mass is 9.84. The molecule has 1 saturated carbocycles. The molecular weight excluding hydrogens is 188 g/mol. The first kappa shape index (κ1) is 11.2. The van der Waals surface area contributed by atoms with Gasteiger partial charge in [0.2, 0.25) is 0 Å². The lowest BCUT2D eigenvalue weighted by Gasteiger charge is -2.38. The van der Waals surface area contributed by atoms with E-state index in [-0.39, 0.29) is 11.9 Å². The topological polar surface area (TPSA) is 18.5 Å².